The highest BCUT2D eigenvalue weighted by Gasteiger charge is 2.18. The number of rotatable bonds is 2. The molecule has 0 atom stereocenters. The third-order valence-electron chi connectivity index (χ3n) is 1.81. The number of amides is 1. The predicted molar refractivity (Wildman–Crippen MR) is 62.8 cm³/mol. The second kappa shape index (κ2) is 5.03. The lowest BCUT2D eigenvalue weighted by Crippen LogP contribution is -2.27. The van der Waals surface area contributed by atoms with E-state index in [1.165, 1.54) is 25.3 Å². The van der Waals surface area contributed by atoms with Gasteiger partial charge in [-0.3, -0.25) is 5.32 Å². The molecule has 0 aliphatic rings. The molecule has 1 N–H and O–H groups in total. The van der Waals surface area contributed by atoms with Crippen molar-refractivity contribution in [1.29, 1.82) is 0 Å². The van der Waals surface area contributed by atoms with Crippen LogP contribution in [0.1, 0.15) is 20.8 Å². The lowest BCUT2D eigenvalue weighted by atomic mass is 10.2. The third kappa shape index (κ3) is 3.94. The molecule has 0 aliphatic carbocycles. The Balaban J connectivity index is 2.82. The molecule has 0 radical (unpaired) electrons. The van der Waals surface area contributed by atoms with E-state index in [2.05, 4.69) is 5.32 Å². The zero-order chi connectivity index (χ0) is 13.1. The number of anilines is 1. The van der Waals surface area contributed by atoms with Crippen LogP contribution in [0, 0.1) is 5.82 Å². The van der Waals surface area contributed by atoms with E-state index in [1.54, 1.807) is 20.8 Å². The van der Waals surface area contributed by atoms with E-state index in [4.69, 9.17) is 9.47 Å². The molecular weight excluding hydrogens is 225 g/mol. The molecule has 5 heteroatoms. The molecule has 0 aromatic heterocycles. The molecule has 1 amide bonds. The Morgan fingerprint density at radius 1 is 1.35 bits per heavy atom. The van der Waals surface area contributed by atoms with Crippen molar-refractivity contribution in [3.63, 3.8) is 0 Å². The second-order valence-electron chi connectivity index (χ2n) is 4.45. The minimum atomic E-state index is -0.651. The SMILES string of the molecule is COc1c(F)cccc1NC(=O)OC(C)(C)C. The van der Waals surface area contributed by atoms with Gasteiger partial charge in [0.25, 0.3) is 0 Å². The maximum atomic E-state index is 13.3. The number of hydrogen-bond acceptors (Lipinski definition) is 3. The summed E-state index contributed by atoms with van der Waals surface area (Å²) in [5, 5.41) is 2.43. The van der Waals surface area contributed by atoms with Crippen molar-refractivity contribution in [2.24, 2.45) is 0 Å². The van der Waals surface area contributed by atoms with Crippen molar-refractivity contribution in [2.45, 2.75) is 26.4 Å². The minimum Gasteiger partial charge on any atom is -0.492 e. The van der Waals surface area contributed by atoms with Gasteiger partial charge in [0, 0.05) is 0 Å². The van der Waals surface area contributed by atoms with Crippen molar-refractivity contribution in [2.75, 3.05) is 12.4 Å². The number of carbonyl (C=O) groups is 1. The zero-order valence-electron chi connectivity index (χ0n) is 10.3. The van der Waals surface area contributed by atoms with E-state index in [-0.39, 0.29) is 11.4 Å². The Bertz CT molecular complexity index is 413. The van der Waals surface area contributed by atoms with Crippen molar-refractivity contribution in [3.05, 3.63) is 24.0 Å². The maximum Gasteiger partial charge on any atom is 0.412 e. The summed E-state index contributed by atoms with van der Waals surface area (Å²) in [6, 6.07) is 4.26. The molecule has 0 aliphatic heterocycles. The molecule has 94 valence electrons. The number of methoxy groups -OCH3 is 1. The number of nitrogens with one attached hydrogen (secondary N) is 1. The number of ether oxygens (including phenoxy) is 2. The van der Waals surface area contributed by atoms with Crippen LogP contribution >= 0.6 is 0 Å². The lowest BCUT2D eigenvalue weighted by molar-refractivity contribution is 0.0635. The van der Waals surface area contributed by atoms with Gasteiger partial charge in [0.2, 0.25) is 0 Å². The van der Waals surface area contributed by atoms with Gasteiger partial charge in [-0.15, -0.1) is 0 Å². The first-order chi connectivity index (χ1) is 7.83. The molecule has 0 fully saturated rings. The molecule has 1 aromatic rings. The number of para-hydroxylation sites is 1. The van der Waals surface area contributed by atoms with E-state index < -0.39 is 17.5 Å². The summed E-state index contributed by atoms with van der Waals surface area (Å²) in [5.41, 5.74) is -0.369. The van der Waals surface area contributed by atoms with Gasteiger partial charge in [0.1, 0.15) is 5.60 Å². The van der Waals surface area contributed by atoms with Gasteiger partial charge in [-0.25, -0.2) is 9.18 Å². The van der Waals surface area contributed by atoms with Crippen LogP contribution in [0.15, 0.2) is 18.2 Å². The van der Waals surface area contributed by atoms with Crippen molar-refractivity contribution < 1.29 is 18.7 Å². The van der Waals surface area contributed by atoms with Crippen molar-refractivity contribution >= 4 is 11.8 Å². The summed E-state index contributed by atoms with van der Waals surface area (Å²) >= 11 is 0. The Kier molecular flexibility index (Phi) is 3.93. The molecule has 0 saturated heterocycles. The summed E-state index contributed by atoms with van der Waals surface area (Å²) < 4.78 is 23.2. The minimum absolute atomic E-state index is 0.0154. The molecule has 1 aromatic carbocycles. The average Bonchev–Trinajstić information content (AvgIpc) is 2.14. The third-order valence-corrected chi connectivity index (χ3v) is 1.81. The van der Waals surface area contributed by atoms with E-state index in [1.807, 2.05) is 0 Å². The van der Waals surface area contributed by atoms with Crippen LogP contribution in [0.4, 0.5) is 14.9 Å². The normalized spacial score (nSPS) is 10.9. The molecular formula is C12H16FNO3. The predicted octanol–water partition coefficient (Wildman–Crippen LogP) is 3.18. The van der Waals surface area contributed by atoms with Gasteiger partial charge in [0.05, 0.1) is 12.8 Å². The van der Waals surface area contributed by atoms with Crippen LogP contribution < -0.4 is 10.1 Å². The van der Waals surface area contributed by atoms with Crippen LogP contribution in [0.5, 0.6) is 5.75 Å². The molecule has 1 rings (SSSR count). The standard InChI is InChI=1S/C12H16FNO3/c1-12(2,3)17-11(15)14-9-7-5-6-8(13)10(9)16-4/h5-7H,1-4H3,(H,14,15). The van der Waals surface area contributed by atoms with E-state index in [0.29, 0.717) is 0 Å². The fourth-order valence-corrected chi connectivity index (χ4v) is 1.23. The molecule has 0 saturated carbocycles. The van der Waals surface area contributed by atoms with Gasteiger partial charge in [-0.1, -0.05) is 6.07 Å². The van der Waals surface area contributed by atoms with E-state index in [0.717, 1.165) is 0 Å². The Labute approximate surface area is 99.7 Å². The van der Waals surface area contributed by atoms with Gasteiger partial charge >= 0.3 is 6.09 Å². The first-order valence-corrected chi connectivity index (χ1v) is 5.16. The molecule has 0 unspecified atom stereocenters. The van der Waals surface area contributed by atoms with Crippen LogP contribution in [0.3, 0.4) is 0 Å². The summed E-state index contributed by atoms with van der Waals surface area (Å²) in [6.07, 6.45) is -0.651. The maximum absolute atomic E-state index is 13.3. The Hall–Kier alpha value is -1.78. The molecule has 0 heterocycles. The zero-order valence-corrected chi connectivity index (χ0v) is 10.3. The van der Waals surface area contributed by atoms with Gasteiger partial charge in [-0.2, -0.15) is 0 Å². The van der Waals surface area contributed by atoms with Crippen LogP contribution in [0.2, 0.25) is 0 Å². The van der Waals surface area contributed by atoms with E-state index in [9.17, 15) is 9.18 Å². The molecule has 4 nitrogen and oxygen atoms in total. The van der Waals surface area contributed by atoms with Crippen LogP contribution in [-0.2, 0) is 4.74 Å². The molecule has 17 heavy (non-hydrogen) atoms. The quantitative estimate of drug-likeness (QED) is 0.865. The first kappa shape index (κ1) is 13.3. The second-order valence-corrected chi connectivity index (χ2v) is 4.45. The highest BCUT2D eigenvalue weighted by Crippen LogP contribution is 2.27. The smallest absolute Gasteiger partial charge is 0.412 e. The fraction of sp³-hybridized carbons (Fsp3) is 0.417. The lowest BCUT2D eigenvalue weighted by Gasteiger charge is -2.20. The highest BCUT2D eigenvalue weighted by molar-refractivity contribution is 5.87. The van der Waals surface area contributed by atoms with Crippen molar-refractivity contribution in [1.82, 2.24) is 0 Å². The molecule has 0 bridgehead atoms. The number of halogens is 1. The summed E-state index contributed by atoms with van der Waals surface area (Å²) in [6.45, 7) is 5.24. The monoisotopic (exact) mass is 241 g/mol. The molecule has 0 spiro atoms. The van der Waals surface area contributed by atoms with Crippen LogP contribution in [-0.4, -0.2) is 18.8 Å². The highest BCUT2D eigenvalue weighted by atomic mass is 19.1. The summed E-state index contributed by atoms with van der Waals surface area (Å²) in [7, 11) is 1.33. The van der Waals surface area contributed by atoms with Gasteiger partial charge < -0.3 is 9.47 Å². The fourth-order valence-electron chi connectivity index (χ4n) is 1.23. The largest absolute Gasteiger partial charge is 0.492 e. The number of hydrogen-bond donors (Lipinski definition) is 1. The van der Waals surface area contributed by atoms with Crippen LogP contribution in [0.25, 0.3) is 0 Å². The average molecular weight is 241 g/mol. The van der Waals surface area contributed by atoms with Gasteiger partial charge in [0.15, 0.2) is 11.6 Å². The van der Waals surface area contributed by atoms with Gasteiger partial charge in [-0.05, 0) is 32.9 Å². The first-order valence-electron chi connectivity index (χ1n) is 5.16. The summed E-state index contributed by atoms with van der Waals surface area (Å²) in [4.78, 5) is 11.5. The number of benzene rings is 1. The van der Waals surface area contributed by atoms with E-state index >= 15 is 0 Å². The topological polar surface area (TPSA) is 47.6 Å². The van der Waals surface area contributed by atoms with Crippen molar-refractivity contribution in [3.8, 4) is 5.75 Å². The Morgan fingerprint density at radius 2 is 2.00 bits per heavy atom. The Morgan fingerprint density at radius 3 is 2.53 bits per heavy atom. The summed E-state index contributed by atoms with van der Waals surface area (Å²) in [5.74, 6) is -0.556. The number of carbonyl (C=O) groups excluding carboxylic acids is 1.